The quantitative estimate of drug-likeness (QED) is 0.478. The van der Waals surface area contributed by atoms with Crippen molar-refractivity contribution < 1.29 is 9.90 Å². The first kappa shape index (κ1) is 13.1. The number of benzene rings is 2. The zero-order valence-electron chi connectivity index (χ0n) is 11.0. The Bertz CT molecular complexity index is 605. The van der Waals surface area contributed by atoms with Crippen molar-refractivity contribution in [2.75, 3.05) is 0 Å². The fourth-order valence-corrected chi connectivity index (χ4v) is 1.72. The maximum atomic E-state index is 11.9. The lowest BCUT2D eigenvalue weighted by Crippen LogP contribution is -2.06. The van der Waals surface area contributed by atoms with Gasteiger partial charge in [0.15, 0.2) is 5.78 Å². The van der Waals surface area contributed by atoms with Crippen molar-refractivity contribution in [1.82, 2.24) is 0 Å². The minimum atomic E-state index is -0.259. The molecule has 0 heterocycles. The molecule has 0 aliphatic heterocycles. The molecule has 2 aromatic rings. The first-order chi connectivity index (χ1) is 9.06. The van der Waals surface area contributed by atoms with Crippen LogP contribution >= 0.6 is 0 Å². The Hall–Kier alpha value is -2.35. The number of rotatable bonds is 3. The van der Waals surface area contributed by atoms with E-state index in [-0.39, 0.29) is 11.5 Å². The molecule has 0 radical (unpaired) electrons. The summed E-state index contributed by atoms with van der Waals surface area (Å²) in [6.07, 6.45) is 1.15. The van der Waals surface area contributed by atoms with Crippen LogP contribution in [-0.4, -0.2) is 5.78 Å². The lowest BCUT2D eigenvalue weighted by atomic mass is 10.1. The van der Waals surface area contributed by atoms with E-state index in [1.807, 2.05) is 38.1 Å². The maximum absolute atomic E-state index is 11.9. The van der Waals surface area contributed by atoms with Crippen LogP contribution in [0.4, 0.5) is 0 Å². The summed E-state index contributed by atoms with van der Waals surface area (Å²) in [5, 5.41) is 11.9. The van der Waals surface area contributed by atoms with Crippen molar-refractivity contribution in [2.24, 2.45) is 0 Å². The van der Waals surface area contributed by atoms with Crippen molar-refractivity contribution in [3.63, 3.8) is 0 Å². The molecule has 0 atom stereocenters. The van der Waals surface area contributed by atoms with E-state index < -0.39 is 0 Å². The van der Waals surface area contributed by atoms with Crippen LogP contribution in [-0.2, 0) is 0 Å². The zero-order chi connectivity index (χ0) is 13.8. The highest BCUT2D eigenvalue weighted by molar-refractivity contribution is 6.07. The number of ketones is 1. The average Bonchev–Trinajstić information content (AvgIpc) is 2.40. The van der Waals surface area contributed by atoms with Gasteiger partial charge in [0.25, 0.3) is 0 Å². The van der Waals surface area contributed by atoms with Gasteiger partial charge in [-0.05, 0) is 25.5 Å². The molecule has 0 N–H and O–H groups in total. The third-order valence-electron chi connectivity index (χ3n) is 2.93. The van der Waals surface area contributed by atoms with Crippen LogP contribution in [0, 0.1) is 13.8 Å². The van der Waals surface area contributed by atoms with Gasteiger partial charge >= 0.3 is 0 Å². The minimum Gasteiger partial charge on any atom is -0.872 e. The van der Waals surface area contributed by atoms with E-state index in [4.69, 9.17) is 0 Å². The summed E-state index contributed by atoms with van der Waals surface area (Å²) in [4.78, 5) is 11.9. The molecule has 0 aliphatic carbocycles. The van der Waals surface area contributed by atoms with Gasteiger partial charge in [-0.2, -0.15) is 0 Å². The number of hydrogen-bond acceptors (Lipinski definition) is 2. The number of carbonyl (C=O) groups excluding carboxylic acids is 1. The highest BCUT2D eigenvalue weighted by atomic mass is 16.3. The van der Waals surface area contributed by atoms with Crippen LogP contribution in [0.15, 0.2) is 54.6 Å². The summed E-state index contributed by atoms with van der Waals surface area (Å²) >= 11 is 0. The van der Waals surface area contributed by atoms with Gasteiger partial charge in [0, 0.05) is 5.56 Å². The van der Waals surface area contributed by atoms with Gasteiger partial charge < -0.3 is 5.11 Å². The Balaban J connectivity index is 2.22. The predicted molar refractivity (Wildman–Crippen MR) is 74.7 cm³/mol. The topological polar surface area (TPSA) is 40.1 Å². The molecule has 2 rings (SSSR count). The van der Waals surface area contributed by atoms with E-state index >= 15 is 0 Å². The number of allylic oxidation sites excluding steroid dienone is 1. The van der Waals surface area contributed by atoms with E-state index in [9.17, 15) is 9.90 Å². The second-order valence-corrected chi connectivity index (χ2v) is 4.60. The molecule has 0 unspecified atom stereocenters. The molecule has 2 heteroatoms. The van der Waals surface area contributed by atoms with E-state index in [2.05, 4.69) is 0 Å². The first-order valence-corrected chi connectivity index (χ1v) is 6.13. The number of hydrogen-bond donors (Lipinski definition) is 0. The molecule has 0 amide bonds. The van der Waals surface area contributed by atoms with Crippen LogP contribution in [0.1, 0.15) is 27.0 Å². The highest BCUT2D eigenvalue weighted by Crippen LogP contribution is 2.12. The van der Waals surface area contributed by atoms with Crippen LogP contribution in [0.2, 0.25) is 0 Å². The second-order valence-electron chi connectivity index (χ2n) is 4.60. The van der Waals surface area contributed by atoms with Gasteiger partial charge in [0.2, 0.25) is 0 Å². The summed E-state index contributed by atoms with van der Waals surface area (Å²) in [5.41, 5.74) is 3.24. The molecule has 0 aliphatic rings. The van der Waals surface area contributed by atoms with Gasteiger partial charge in [-0.15, -0.1) is 0 Å². The lowest BCUT2D eigenvalue weighted by molar-refractivity contribution is -0.243. The molecule has 2 aromatic carbocycles. The van der Waals surface area contributed by atoms with E-state index in [0.717, 1.165) is 17.2 Å². The molecule has 0 spiro atoms. The van der Waals surface area contributed by atoms with E-state index in [1.54, 1.807) is 24.3 Å². The van der Waals surface area contributed by atoms with Crippen molar-refractivity contribution in [3.05, 3.63) is 76.9 Å². The largest absolute Gasteiger partial charge is 0.872 e. The second kappa shape index (κ2) is 5.53. The third-order valence-corrected chi connectivity index (χ3v) is 2.93. The Morgan fingerprint density at radius 1 is 0.842 bits per heavy atom. The Labute approximate surface area is 113 Å². The van der Waals surface area contributed by atoms with Gasteiger partial charge in [-0.25, -0.2) is 0 Å². The molecule has 0 bridgehead atoms. The van der Waals surface area contributed by atoms with Crippen molar-refractivity contribution in [3.8, 4) is 0 Å². The Kier molecular flexibility index (Phi) is 3.81. The fraction of sp³-hybridized carbons (Fsp3) is 0.118. The SMILES string of the molecule is Cc1ccc(C(=O)/C=C(\[O-])c2ccc(C)cc2)cc1. The molecular formula is C17H15O2-. The van der Waals surface area contributed by atoms with Gasteiger partial charge in [-0.3, -0.25) is 4.79 Å². The fourth-order valence-electron chi connectivity index (χ4n) is 1.72. The molecule has 0 saturated carbocycles. The minimum absolute atomic E-state index is 0.259. The molecule has 0 fully saturated rings. The van der Waals surface area contributed by atoms with Crippen molar-refractivity contribution in [2.45, 2.75) is 13.8 Å². The van der Waals surface area contributed by atoms with Crippen molar-refractivity contribution in [1.29, 1.82) is 0 Å². The third kappa shape index (κ3) is 3.32. The normalized spacial score (nSPS) is 11.4. The van der Waals surface area contributed by atoms with Crippen LogP contribution in [0.5, 0.6) is 0 Å². The van der Waals surface area contributed by atoms with Crippen molar-refractivity contribution >= 4 is 11.5 Å². The smallest absolute Gasteiger partial charge is 0.185 e. The summed E-state index contributed by atoms with van der Waals surface area (Å²) < 4.78 is 0. The standard InChI is InChI=1S/C17H16O2/c1-12-3-7-14(8-4-12)16(18)11-17(19)15-9-5-13(2)6-10-15/h3-11,18H,1-2H3/p-1/b16-11-. The molecule has 0 aromatic heterocycles. The number of carbonyl (C=O) groups is 1. The molecule has 19 heavy (non-hydrogen) atoms. The van der Waals surface area contributed by atoms with Gasteiger partial charge in [0.1, 0.15) is 0 Å². The van der Waals surface area contributed by atoms with Gasteiger partial charge in [-0.1, -0.05) is 65.4 Å². The van der Waals surface area contributed by atoms with Crippen LogP contribution in [0.3, 0.4) is 0 Å². The summed E-state index contributed by atoms with van der Waals surface area (Å²) in [6, 6.07) is 14.4. The Morgan fingerprint density at radius 2 is 1.26 bits per heavy atom. The van der Waals surface area contributed by atoms with Crippen LogP contribution < -0.4 is 5.11 Å². The summed E-state index contributed by atoms with van der Waals surface area (Å²) in [5.74, 6) is -0.517. The van der Waals surface area contributed by atoms with E-state index in [1.165, 1.54) is 0 Å². The summed E-state index contributed by atoms with van der Waals surface area (Å²) in [7, 11) is 0. The number of aryl methyl sites for hydroxylation is 2. The van der Waals surface area contributed by atoms with Crippen LogP contribution in [0.25, 0.3) is 5.76 Å². The molecular weight excluding hydrogens is 236 g/mol. The maximum Gasteiger partial charge on any atom is 0.185 e. The predicted octanol–water partition coefficient (Wildman–Crippen LogP) is 2.89. The summed E-state index contributed by atoms with van der Waals surface area (Å²) in [6.45, 7) is 3.91. The van der Waals surface area contributed by atoms with E-state index in [0.29, 0.717) is 11.1 Å². The highest BCUT2D eigenvalue weighted by Gasteiger charge is 2.01. The average molecular weight is 251 g/mol. The molecule has 2 nitrogen and oxygen atoms in total. The Morgan fingerprint density at radius 3 is 1.74 bits per heavy atom. The molecule has 0 saturated heterocycles. The first-order valence-electron chi connectivity index (χ1n) is 6.13. The zero-order valence-corrected chi connectivity index (χ0v) is 11.0. The lowest BCUT2D eigenvalue weighted by Gasteiger charge is -2.12. The monoisotopic (exact) mass is 251 g/mol. The molecule has 96 valence electrons. The van der Waals surface area contributed by atoms with Gasteiger partial charge in [0.05, 0.1) is 0 Å².